The van der Waals surface area contributed by atoms with Gasteiger partial charge in [0.05, 0.1) is 0 Å². The Morgan fingerprint density at radius 3 is 1.97 bits per heavy atom. The first-order valence-corrected chi connectivity index (χ1v) is 15.3. The summed E-state index contributed by atoms with van der Waals surface area (Å²) in [4.78, 5) is 0.0925. The number of aromatic hydroxyl groups is 1. The third-order valence-electron chi connectivity index (χ3n) is 6.49. The summed E-state index contributed by atoms with van der Waals surface area (Å²) in [5, 5.41) is 11.0. The number of rotatable bonds is 12. The van der Waals surface area contributed by atoms with Gasteiger partial charge in [-0.25, -0.2) is 0 Å². The number of para-hydroxylation sites is 1. The molecular formula is C32H46O4S. The van der Waals surface area contributed by atoms with Crippen LogP contribution < -0.4 is 0 Å². The van der Waals surface area contributed by atoms with Crippen molar-refractivity contribution in [3.8, 4) is 5.75 Å². The normalized spacial score (nSPS) is 11.7. The molecule has 3 rings (SSSR count). The van der Waals surface area contributed by atoms with Crippen LogP contribution in [0.5, 0.6) is 5.75 Å². The van der Waals surface area contributed by atoms with Crippen LogP contribution in [0.1, 0.15) is 89.8 Å². The van der Waals surface area contributed by atoms with Crippen LogP contribution in [0.4, 0.5) is 0 Å². The summed E-state index contributed by atoms with van der Waals surface area (Å²) in [5.74, 6) is 1.18. The van der Waals surface area contributed by atoms with Crippen LogP contribution in [-0.2, 0) is 29.4 Å². The van der Waals surface area contributed by atoms with Crippen molar-refractivity contribution in [1.82, 2.24) is 0 Å². The average Bonchev–Trinajstić information content (AvgIpc) is 2.81. The molecule has 3 aromatic carbocycles. The summed E-state index contributed by atoms with van der Waals surface area (Å²) in [6.07, 6.45) is 10.3. The van der Waals surface area contributed by atoms with Crippen LogP contribution in [0.25, 0.3) is 10.8 Å². The monoisotopic (exact) mass is 526 g/mol. The largest absolute Gasteiger partial charge is 0.508 e. The van der Waals surface area contributed by atoms with Gasteiger partial charge in [-0.15, -0.1) is 0 Å². The van der Waals surface area contributed by atoms with Gasteiger partial charge in [-0.2, -0.15) is 8.42 Å². The molecule has 0 heterocycles. The van der Waals surface area contributed by atoms with Crippen molar-refractivity contribution in [3.05, 3.63) is 71.3 Å². The van der Waals surface area contributed by atoms with E-state index >= 15 is 0 Å². The zero-order valence-electron chi connectivity index (χ0n) is 23.3. The van der Waals surface area contributed by atoms with Crippen molar-refractivity contribution in [1.29, 1.82) is 0 Å². The Labute approximate surface area is 224 Å². The second kappa shape index (κ2) is 15.1. The molecule has 0 spiro atoms. The highest BCUT2D eigenvalue weighted by atomic mass is 32.2. The number of hydrogen-bond acceptors (Lipinski definition) is 3. The van der Waals surface area contributed by atoms with E-state index in [0.29, 0.717) is 29.4 Å². The van der Waals surface area contributed by atoms with Crippen LogP contribution in [0.3, 0.4) is 0 Å². The molecule has 0 saturated heterocycles. The van der Waals surface area contributed by atoms with Gasteiger partial charge in [0, 0.05) is 5.39 Å². The highest BCUT2D eigenvalue weighted by molar-refractivity contribution is 7.86. The number of benzene rings is 3. The van der Waals surface area contributed by atoms with Crippen LogP contribution in [-0.4, -0.2) is 18.1 Å². The predicted octanol–water partition coefficient (Wildman–Crippen LogP) is 8.78. The summed E-state index contributed by atoms with van der Waals surface area (Å²) in [6, 6.07) is 17.1. The van der Waals surface area contributed by atoms with Gasteiger partial charge < -0.3 is 5.11 Å². The molecule has 204 valence electrons. The summed E-state index contributed by atoms with van der Waals surface area (Å²) in [7, 11) is -4.26. The third kappa shape index (κ3) is 10.1. The number of unbranched alkanes of at least 4 members (excludes halogenated alkanes) is 5. The molecule has 0 fully saturated rings. The Morgan fingerprint density at radius 2 is 1.35 bits per heavy atom. The Bertz CT molecular complexity index is 1210. The number of fused-ring (bicyclic) bond motifs is 1. The summed E-state index contributed by atoms with van der Waals surface area (Å²) < 4.78 is 33.9. The first-order chi connectivity index (χ1) is 17.5. The van der Waals surface area contributed by atoms with E-state index in [0.717, 1.165) is 34.9 Å². The van der Waals surface area contributed by atoms with E-state index in [1.165, 1.54) is 38.5 Å². The maximum absolute atomic E-state index is 12.0. The van der Waals surface area contributed by atoms with Gasteiger partial charge in [0.1, 0.15) is 10.6 Å². The molecule has 0 saturated carbocycles. The molecule has 0 bridgehead atoms. The molecule has 0 aliphatic carbocycles. The quantitative estimate of drug-likeness (QED) is 0.183. The molecule has 0 atom stereocenters. The van der Waals surface area contributed by atoms with E-state index in [9.17, 15) is 18.1 Å². The van der Waals surface area contributed by atoms with E-state index in [4.69, 9.17) is 0 Å². The van der Waals surface area contributed by atoms with E-state index in [2.05, 4.69) is 40.7 Å². The lowest BCUT2D eigenvalue weighted by Crippen LogP contribution is -2.11. The minimum absolute atomic E-state index is 0.0925. The van der Waals surface area contributed by atoms with Crippen LogP contribution in [0, 0.1) is 11.8 Å². The molecule has 5 heteroatoms. The Kier molecular flexibility index (Phi) is 12.6. The summed E-state index contributed by atoms with van der Waals surface area (Å²) in [6.45, 7) is 10.6. The number of phenolic OH excluding ortho intramolecular Hbond substituents is 1. The molecule has 0 aromatic heterocycles. The summed E-state index contributed by atoms with van der Waals surface area (Å²) >= 11 is 0. The van der Waals surface area contributed by atoms with Gasteiger partial charge in [-0.1, -0.05) is 115 Å². The maximum Gasteiger partial charge on any atom is 0.295 e. The van der Waals surface area contributed by atoms with Crippen LogP contribution in [0.2, 0.25) is 0 Å². The Morgan fingerprint density at radius 1 is 0.757 bits per heavy atom. The molecule has 0 aliphatic heterocycles. The molecule has 0 aliphatic rings. The van der Waals surface area contributed by atoms with Crippen molar-refractivity contribution in [2.24, 2.45) is 11.8 Å². The smallest absolute Gasteiger partial charge is 0.295 e. The van der Waals surface area contributed by atoms with E-state index in [-0.39, 0.29) is 4.90 Å². The first kappa shape index (κ1) is 30.9. The minimum atomic E-state index is -4.26. The topological polar surface area (TPSA) is 74.6 Å². The van der Waals surface area contributed by atoms with Crippen LogP contribution >= 0.6 is 0 Å². The van der Waals surface area contributed by atoms with Crippen molar-refractivity contribution in [3.63, 3.8) is 0 Å². The van der Waals surface area contributed by atoms with Crippen molar-refractivity contribution >= 4 is 20.9 Å². The molecule has 4 nitrogen and oxygen atoms in total. The first-order valence-electron chi connectivity index (χ1n) is 13.8. The Hall–Kier alpha value is -2.37. The lowest BCUT2D eigenvalue weighted by molar-refractivity contribution is 0.466. The Balaban J connectivity index is 0.000000281. The lowest BCUT2D eigenvalue weighted by atomic mass is 9.90. The lowest BCUT2D eigenvalue weighted by Gasteiger charge is -2.19. The van der Waals surface area contributed by atoms with Gasteiger partial charge in [0.15, 0.2) is 0 Å². The van der Waals surface area contributed by atoms with Crippen LogP contribution in [0.15, 0.2) is 59.5 Å². The van der Waals surface area contributed by atoms with E-state index < -0.39 is 10.1 Å². The zero-order chi connectivity index (χ0) is 27.4. The average molecular weight is 527 g/mol. The molecule has 0 unspecified atom stereocenters. The van der Waals surface area contributed by atoms with E-state index in [1.807, 2.05) is 30.3 Å². The van der Waals surface area contributed by atoms with Crippen molar-refractivity contribution in [2.45, 2.75) is 97.3 Å². The molecule has 0 radical (unpaired) electrons. The number of hydrogen-bond donors (Lipinski definition) is 2. The summed E-state index contributed by atoms with van der Waals surface area (Å²) in [5.41, 5.74) is 2.88. The molecule has 0 amide bonds. The highest BCUT2D eigenvalue weighted by Gasteiger charge is 2.23. The second-order valence-corrected chi connectivity index (χ2v) is 12.2. The van der Waals surface area contributed by atoms with Gasteiger partial charge in [-0.05, 0) is 65.7 Å². The molecule has 2 N–H and O–H groups in total. The molecular weight excluding hydrogens is 480 g/mol. The minimum Gasteiger partial charge on any atom is -0.508 e. The number of phenols is 1. The zero-order valence-corrected chi connectivity index (χ0v) is 24.2. The fourth-order valence-corrected chi connectivity index (χ4v) is 5.77. The fourth-order valence-electron chi connectivity index (χ4n) is 4.78. The van der Waals surface area contributed by atoms with Gasteiger partial charge in [0.2, 0.25) is 0 Å². The van der Waals surface area contributed by atoms with Gasteiger partial charge in [0.25, 0.3) is 10.1 Å². The predicted molar refractivity (Wildman–Crippen MR) is 156 cm³/mol. The molecule has 37 heavy (non-hydrogen) atoms. The van der Waals surface area contributed by atoms with Gasteiger partial charge in [-0.3, -0.25) is 4.55 Å². The SMILES string of the molecule is CC(C)Cc1cc2ccccc2c(S(=O)(=O)O)c1CC(C)C.CCCCCCCCc1ccccc1O. The highest BCUT2D eigenvalue weighted by Crippen LogP contribution is 2.33. The third-order valence-corrected chi connectivity index (χ3v) is 7.47. The number of aryl methyl sites for hydroxylation is 1. The maximum atomic E-state index is 12.0. The molecule has 3 aromatic rings. The van der Waals surface area contributed by atoms with E-state index in [1.54, 1.807) is 18.2 Å². The van der Waals surface area contributed by atoms with Gasteiger partial charge >= 0.3 is 0 Å². The fraction of sp³-hybridized carbons (Fsp3) is 0.500. The van der Waals surface area contributed by atoms with Crippen molar-refractivity contribution in [2.75, 3.05) is 0 Å². The van der Waals surface area contributed by atoms with Crippen molar-refractivity contribution < 1.29 is 18.1 Å². The standard InChI is InChI=1S/C18H24O3S.C14H22O/c1-12(2)9-15-11-14-7-5-6-8-16(14)18(22(19,20)21)17(15)10-13(3)4;1-2-3-4-5-6-7-10-13-11-8-9-12-14(13)15/h5-8,11-13H,9-10H2,1-4H3,(H,19,20,21);8-9,11-12,15H,2-7,10H2,1H3. The second-order valence-electron chi connectivity index (χ2n) is 10.9.